The molecule has 0 saturated heterocycles. The van der Waals surface area contributed by atoms with Gasteiger partial charge in [0.1, 0.15) is 0 Å². The molecular formula is C12H18O. The van der Waals surface area contributed by atoms with Gasteiger partial charge in [0.25, 0.3) is 0 Å². The number of aliphatic hydroxyl groups excluding tert-OH is 1. The fourth-order valence-electron chi connectivity index (χ4n) is 1.32. The summed E-state index contributed by atoms with van der Waals surface area (Å²) in [6, 6.07) is 9.85. The van der Waals surface area contributed by atoms with Gasteiger partial charge in [-0.25, -0.2) is 0 Å². The molecule has 1 nitrogen and oxygen atoms in total. The highest BCUT2D eigenvalue weighted by Gasteiger charge is 2.18. The van der Waals surface area contributed by atoms with Crippen LogP contribution < -0.4 is 0 Å². The van der Waals surface area contributed by atoms with Crippen LogP contribution in [-0.2, 0) is 0 Å². The Kier molecular flexibility index (Phi) is 3.49. The van der Waals surface area contributed by atoms with Gasteiger partial charge in [0.05, 0.1) is 6.10 Å². The average molecular weight is 178 g/mol. The van der Waals surface area contributed by atoms with Crippen LogP contribution in [0.25, 0.3) is 0 Å². The monoisotopic (exact) mass is 178 g/mol. The number of hydrogen-bond acceptors (Lipinski definition) is 1. The van der Waals surface area contributed by atoms with Crippen LogP contribution >= 0.6 is 0 Å². The molecule has 0 unspecified atom stereocenters. The zero-order valence-corrected chi connectivity index (χ0v) is 8.57. The van der Waals surface area contributed by atoms with Crippen LogP contribution in [0.4, 0.5) is 0 Å². The first-order valence-electron chi connectivity index (χ1n) is 4.86. The Morgan fingerprint density at radius 2 is 1.54 bits per heavy atom. The van der Waals surface area contributed by atoms with Crippen molar-refractivity contribution in [3.8, 4) is 0 Å². The maximum Gasteiger partial charge on any atom is 0.0818 e. The predicted molar refractivity (Wildman–Crippen MR) is 55.4 cm³/mol. The first-order valence-corrected chi connectivity index (χ1v) is 4.86. The average Bonchev–Trinajstić information content (AvgIpc) is 2.17. The Hall–Kier alpha value is -0.820. The third-order valence-electron chi connectivity index (χ3n) is 2.69. The summed E-state index contributed by atoms with van der Waals surface area (Å²) in [5.74, 6) is 0.817. The maximum atomic E-state index is 9.96. The lowest BCUT2D eigenvalue weighted by atomic mass is 9.88. The summed E-state index contributed by atoms with van der Waals surface area (Å²) in [7, 11) is 0. The Bertz CT molecular complexity index is 241. The van der Waals surface area contributed by atoms with Crippen LogP contribution in [0.5, 0.6) is 0 Å². The van der Waals surface area contributed by atoms with E-state index >= 15 is 0 Å². The Labute approximate surface area is 80.4 Å². The van der Waals surface area contributed by atoms with Crippen molar-refractivity contribution in [1.82, 2.24) is 0 Å². The number of benzene rings is 1. The smallest absolute Gasteiger partial charge is 0.0818 e. The highest BCUT2D eigenvalue weighted by atomic mass is 16.3. The van der Waals surface area contributed by atoms with Crippen LogP contribution in [0, 0.1) is 11.8 Å². The molecule has 72 valence electrons. The first kappa shape index (κ1) is 10.3. The van der Waals surface area contributed by atoms with Crippen LogP contribution in [0.1, 0.15) is 32.4 Å². The molecule has 0 heterocycles. The van der Waals surface area contributed by atoms with E-state index in [-0.39, 0.29) is 6.10 Å². The van der Waals surface area contributed by atoms with Gasteiger partial charge in [-0.15, -0.1) is 0 Å². The third-order valence-corrected chi connectivity index (χ3v) is 2.69. The fourth-order valence-corrected chi connectivity index (χ4v) is 1.32. The topological polar surface area (TPSA) is 20.2 Å². The van der Waals surface area contributed by atoms with Crippen molar-refractivity contribution in [1.29, 1.82) is 0 Å². The molecule has 0 aliphatic rings. The van der Waals surface area contributed by atoms with Crippen molar-refractivity contribution in [3.63, 3.8) is 0 Å². The van der Waals surface area contributed by atoms with E-state index in [1.807, 2.05) is 30.3 Å². The van der Waals surface area contributed by atoms with E-state index < -0.39 is 0 Å². The van der Waals surface area contributed by atoms with E-state index in [0.29, 0.717) is 11.8 Å². The van der Waals surface area contributed by atoms with Gasteiger partial charge in [0, 0.05) is 0 Å². The van der Waals surface area contributed by atoms with Crippen molar-refractivity contribution in [2.24, 2.45) is 11.8 Å². The maximum absolute atomic E-state index is 9.96. The van der Waals surface area contributed by atoms with Gasteiger partial charge in [0.2, 0.25) is 0 Å². The lowest BCUT2D eigenvalue weighted by molar-refractivity contribution is 0.0921. The van der Waals surface area contributed by atoms with Crippen LogP contribution in [0.2, 0.25) is 0 Å². The SMILES string of the molecule is CC(C)[C@@H](C)[C@@H](O)c1ccccc1. The van der Waals surface area contributed by atoms with Crippen LogP contribution in [0.3, 0.4) is 0 Å². The fraction of sp³-hybridized carbons (Fsp3) is 0.500. The van der Waals surface area contributed by atoms with E-state index in [2.05, 4.69) is 20.8 Å². The van der Waals surface area contributed by atoms with Crippen molar-refractivity contribution in [2.45, 2.75) is 26.9 Å². The molecule has 0 aliphatic heterocycles. The highest BCUT2D eigenvalue weighted by Crippen LogP contribution is 2.26. The lowest BCUT2D eigenvalue weighted by Gasteiger charge is -2.22. The standard InChI is InChI=1S/C12H18O/c1-9(2)10(3)12(13)11-7-5-4-6-8-11/h4-10,12-13H,1-3H3/t10-,12-/m1/s1. The number of rotatable bonds is 3. The minimum absolute atomic E-state index is 0.308. The van der Waals surface area contributed by atoms with Gasteiger partial charge in [-0.2, -0.15) is 0 Å². The molecule has 13 heavy (non-hydrogen) atoms. The molecule has 2 atom stereocenters. The number of aliphatic hydroxyl groups is 1. The van der Waals surface area contributed by atoms with E-state index in [0.717, 1.165) is 5.56 Å². The first-order chi connectivity index (χ1) is 6.13. The summed E-state index contributed by atoms with van der Waals surface area (Å²) >= 11 is 0. The molecule has 0 spiro atoms. The molecule has 0 aromatic heterocycles. The molecule has 0 fully saturated rings. The van der Waals surface area contributed by atoms with E-state index in [4.69, 9.17) is 0 Å². The number of hydrogen-bond donors (Lipinski definition) is 1. The summed E-state index contributed by atoms with van der Waals surface area (Å²) in [4.78, 5) is 0. The molecule has 0 radical (unpaired) electrons. The van der Waals surface area contributed by atoms with Crippen LogP contribution in [-0.4, -0.2) is 5.11 Å². The van der Waals surface area contributed by atoms with Crippen molar-refractivity contribution >= 4 is 0 Å². The summed E-state index contributed by atoms with van der Waals surface area (Å²) in [6.07, 6.45) is -0.332. The van der Waals surface area contributed by atoms with Gasteiger partial charge in [-0.3, -0.25) is 0 Å². The van der Waals surface area contributed by atoms with Gasteiger partial charge in [-0.1, -0.05) is 51.1 Å². The van der Waals surface area contributed by atoms with Gasteiger partial charge in [-0.05, 0) is 17.4 Å². The lowest BCUT2D eigenvalue weighted by Crippen LogP contribution is -2.14. The predicted octanol–water partition coefficient (Wildman–Crippen LogP) is 3.01. The largest absolute Gasteiger partial charge is 0.388 e. The summed E-state index contributed by atoms with van der Waals surface area (Å²) in [6.45, 7) is 6.36. The molecule has 1 aromatic rings. The zero-order valence-electron chi connectivity index (χ0n) is 8.57. The molecule has 0 amide bonds. The normalized spacial score (nSPS) is 15.8. The molecule has 1 aromatic carbocycles. The van der Waals surface area contributed by atoms with Crippen molar-refractivity contribution < 1.29 is 5.11 Å². The van der Waals surface area contributed by atoms with Crippen molar-refractivity contribution in [3.05, 3.63) is 35.9 Å². The summed E-state index contributed by atoms with van der Waals surface area (Å²) in [5.41, 5.74) is 1.02. The second kappa shape index (κ2) is 4.43. The summed E-state index contributed by atoms with van der Waals surface area (Å²) in [5, 5.41) is 9.96. The Morgan fingerprint density at radius 1 is 1.00 bits per heavy atom. The minimum Gasteiger partial charge on any atom is -0.388 e. The van der Waals surface area contributed by atoms with Crippen molar-refractivity contribution in [2.75, 3.05) is 0 Å². The molecule has 1 heteroatoms. The van der Waals surface area contributed by atoms with E-state index in [9.17, 15) is 5.11 Å². The molecule has 0 saturated carbocycles. The molecular weight excluding hydrogens is 160 g/mol. The molecule has 0 aliphatic carbocycles. The van der Waals surface area contributed by atoms with E-state index in [1.54, 1.807) is 0 Å². The Balaban J connectivity index is 2.73. The van der Waals surface area contributed by atoms with Crippen LogP contribution in [0.15, 0.2) is 30.3 Å². The minimum atomic E-state index is -0.332. The quantitative estimate of drug-likeness (QED) is 0.754. The highest BCUT2D eigenvalue weighted by molar-refractivity contribution is 5.17. The Morgan fingerprint density at radius 3 is 2.00 bits per heavy atom. The molecule has 1 N–H and O–H groups in total. The molecule has 1 rings (SSSR count). The second-order valence-electron chi connectivity index (χ2n) is 3.96. The van der Waals surface area contributed by atoms with Gasteiger partial charge >= 0.3 is 0 Å². The summed E-state index contributed by atoms with van der Waals surface area (Å²) < 4.78 is 0. The van der Waals surface area contributed by atoms with Gasteiger partial charge < -0.3 is 5.11 Å². The molecule has 0 bridgehead atoms. The second-order valence-corrected chi connectivity index (χ2v) is 3.96. The van der Waals surface area contributed by atoms with E-state index in [1.165, 1.54) is 0 Å². The third kappa shape index (κ3) is 2.56. The zero-order chi connectivity index (χ0) is 9.84. The van der Waals surface area contributed by atoms with Gasteiger partial charge in [0.15, 0.2) is 0 Å².